The number of ether oxygens (including phenoxy) is 1. The predicted octanol–water partition coefficient (Wildman–Crippen LogP) is 2.81. The molecular formula is C21H26N2O4S. The molecule has 0 bridgehead atoms. The van der Waals surface area contributed by atoms with Gasteiger partial charge in [-0.1, -0.05) is 30.3 Å². The quantitative estimate of drug-likeness (QED) is 0.655. The van der Waals surface area contributed by atoms with Crippen LogP contribution < -0.4 is 10.1 Å². The number of hydrogen-bond donors (Lipinski definition) is 1. The average Bonchev–Trinajstić information content (AvgIpc) is 2.68. The van der Waals surface area contributed by atoms with E-state index in [4.69, 9.17) is 4.74 Å². The van der Waals surface area contributed by atoms with Gasteiger partial charge in [-0.15, -0.1) is 6.58 Å². The Labute approximate surface area is 166 Å². The number of benzene rings is 2. The lowest BCUT2D eigenvalue weighted by atomic mass is 10.2. The molecule has 1 N–H and O–H groups in total. The van der Waals surface area contributed by atoms with E-state index in [1.165, 1.54) is 6.08 Å². The van der Waals surface area contributed by atoms with Crippen LogP contribution in [0.15, 0.2) is 60.0 Å². The van der Waals surface area contributed by atoms with E-state index in [2.05, 4.69) is 11.9 Å². The van der Waals surface area contributed by atoms with Crippen LogP contribution in [0.25, 0.3) is 0 Å². The van der Waals surface area contributed by atoms with Crippen molar-refractivity contribution in [3.05, 3.63) is 71.8 Å². The molecule has 6 nitrogen and oxygen atoms in total. The van der Waals surface area contributed by atoms with Gasteiger partial charge in [-0.3, -0.25) is 4.79 Å². The second-order valence-corrected chi connectivity index (χ2v) is 8.39. The fourth-order valence-electron chi connectivity index (χ4n) is 2.68. The van der Waals surface area contributed by atoms with Gasteiger partial charge in [0, 0.05) is 13.1 Å². The van der Waals surface area contributed by atoms with Gasteiger partial charge in [0.25, 0.3) is 0 Å². The van der Waals surface area contributed by atoms with Gasteiger partial charge >= 0.3 is 0 Å². The summed E-state index contributed by atoms with van der Waals surface area (Å²) in [5, 5.41) is 2.75. The number of nitrogens with one attached hydrogen (secondary N) is 1. The number of amides is 1. The Balaban J connectivity index is 2.11. The van der Waals surface area contributed by atoms with E-state index in [0.717, 1.165) is 21.2 Å². The Morgan fingerprint density at radius 1 is 1.18 bits per heavy atom. The number of hydrogen-bond acceptors (Lipinski definition) is 4. The first-order valence-corrected chi connectivity index (χ1v) is 10.3. The summed E-state index contributed by atoms with van der Waals surface area (Å²) in [6.45, 7) is 7.25. The SMILES string of the molecule is C=CCN(CC(=O)NCc1ccc(OC)cc1)S(=O)(=O)c1cc(C)ccc1C. The first-order valence-electron chi connectivity index (χ1n) is 8.86. The average molecular weight is 403 g/mol. The molecule has 0 aromatic heterocycles. The lowest BCUT2D eigenvalue weighted by Crippen LogP contribution is -2.40. The molecule has 1 amide bonds. The van der Waals surface area contributed by atoms with Gasteiger partial charge in [0.05, 0.1) is 18.6 Å². The molecular weight excluding hydrogens is 376 g/mol. The highest BCUT2D eigenvalue weighted by molar-refractivity contribution is 7.89. The van der Waals surface area contributed by atoms with Crippen molar-refractivity contribution in [2.75, 3.05) is 20.2 Å². The first kappa shape index (κ1) is 21.7. The van der Waals surface area contributed by atoms with Crippen LogP contribution in [0.3, 0.4) is 0 Å². The van der Waals surface area contributed by atoms with E-state index < -0.39 is 10.0 Å². The van der Waals surface area contributed by atoms with Crippen LogP contribution in [0.5, 0.6) is 5.75 Å². The molecule has 0 heterocycles. The minimum Gasteiger partial charge on any atom is -0.497 e. The number of rotatable bonds is 9. The number of carbonyl (C=O) groups is 1. The molecule has 0 fully saturated rings. The number of methoxy groups -OCH3 is 1. The fraction of sp³-hybridized carbons (Fsp3) is 0.286. The highest BCUT2D eigenvalue weighted by Gasteiger charge is 2.27. The van der Waals surface area contributed by atoms with Crippen molar-refractivity contribution in [1.29, 1.82) is 0 Å². The smallest absolute Gasteiger partial charge is 0.244 e. The minimum atomic E-state index is -3.82. The molecule has 7 heteroatoms. The summed E-state index contributed by atoms with van der Waals surface area (Å²) in [7, 11) is -2.23. The highest BCUT2D eigenvalue weighted by atomic mass is 32.2. The highest BCUT2D eigenvalue weighted by Crippen LogP contribution is 2.21. The van der Waals surface area contributed by atoms with Crippen molar-refractivity contribution >= 4 is 15.9 Å². The second kappa shape index (κ2) is 9.52. The van der Waals surface area contributed by atoms with E-state index in [0.29, 0.717) is 12.1 Å². The monoisotopic (exact) mass is 402 g/mol. The van der Waals surface area contributed by atoms with Crippen molar-refractivity contribution < 1.29 is 17.9 Å². The summed E-state index contributed by atoms with van der Waals surface area (Å²) in [5.41, 5.74) is 2.37. The molecule has 0 atom stereocenters. The topological polar surface area (TPSA) is 75.7 Å². The van der Waals surface area contributed by atoms with Crippen molar-refractivity contribution in [3.8, 4) is 5.75 Å². The van der Waals surface area contributed by atoms with Gasteiger partial charge in [-0.25, -0.2) is 8.42 Å². The Morgan fingerprint density at radius 3 is 2.46 bits per heavy atom. The normalized spacial score (nSPS) is 11.3. The summed E-state index contributed by atoms with van der Waals surface area (Å²) >= 11 is 0. The summed E-state index contributed by atoms with van der Waals surface area (Å²) in [4.78, 5) is 12.6. The predicted molar refractivity (Wildman–Crippen MR) is 110 cm³/mol. The van der Waals surface area contributed by atoms with Gasteiger partial charge in [0.15, 0.2) is 0 Å². The third-order valence-corrected chi connectivity index (χ3v) is 6.22. The molecule has 2 aromatic rings. The van der Waals surface area contributed by atoms with Crippen LogP contribution in [0.4, 0.5) is 0 Å². The molecule has 0 radical (unpaired) electrons. The van der Waals surface area contributed by atoms with E-state index in [9.17, 15) is 13.2 Å². The van der Waals surface area contributed by atoms with Crippen LogP contribution in [0, 0.1) is 13.8 Å². The van der Waals surface area contributed by atoms with E-state index in [1.54, 1.807) is 38.3 Å². The zero-order valence-electron chi connectivity index (χ0n) is 16.4. The molecule has 2 aromatic carbocycles. The third kappa shape index (κ3) is 5.43. The minimum absolute atomic E-state index is 0.0473. The summed E-state index contributed by atoms with van der Waals surface area (Å²) in [6.07, 6.45) is 1.47. The maximum absolute atomic E-state index is 13.1. The van der Waals surface area contributed by atoms with Gasteiger partial charge in [0.1, 0.15) is 5.75 Å². The third-order valence-electron chi connectivity index (χ3n) is 4.26. The standard InChI is InChI=1S/C21H26N2O4S/c1-5-12-23(28(25,26)20-13-16(2)6-7-17(20)3)15-21(24)22-14-18-8-10-19(27-4)11-9-18/h5-11,13H,1,12,14-15H2,2-4H3,(H,22,24). The molecule has 150 valence electrons. The summed E-state index contributed by atoms with van der Waals surface area (Å²) < 4.78 is 32.4. The van der Waals surface area contributed by atoms with Crippen molar-refractivity contribution in [2.45, 2.75) is 25.3 Å². The van der Waals surface area contributed by atoms with E-state index in [1.807, 2.05) is 25.1 Å². The van der Waals surface area contributed by atoms with Crippen LogP contribution in [0.1, 0.15) is 16.7 Å². The van der Waals surface area contributed by atoms with Crippen molar-refractivity contribution in [2.24, 2.45) is 0 Å². The van der Waals surface area contributed by atoms with E-state index >= 15 is 0 Å². The van der Waals surface area contributed by atoms with Crippen LogP contribution in [-0.2, 0) is 21.4 Å². The number of sulfonamides is 1. The van der Waals surface area contributed by atoms with Crippen molar-refractivity contribution in [1.82, 2.24) is 9.62 Å². The molecule has 0 spiro atoms. The Bertz CT molecular complexity index is 937. The molecule has 0 saturated heterocycles. The maximum atomic E-state index is 13.1. The van der Waals surface area contributed by atoms with E-state index in [-0.39, 0.29) is 23.9 Å². The van der Waals surface area contributed by atoms with Gasteiger partial charge < -0.3 is 10.1 Å². The fourth-order valence-corrected chi connectivity index (χ4v) is 4.35. The molecule has 0 saturated carbocycles. The Hall–Kier alpha value is -2.64. The summed E-state index contributed by atoms with van der Waals surface area (Å²) in [6, 6.07) is 12.5. The molecule has 0 aliphatic heterocycles. The molecule has 2 rings (SSSR count). The van der Waals surface area contributed by atoms with Crippen LogP contribution in [-0.4, -0.2) is 38.8 Å². The van der Waals surface area contributed by atoms with Crippen LogP contribution >= 0.6 is 0 Å². The zero-order valence-corrected chi connectivity index (χ0v) is 17.3. The molecule has 0 unspecified atom stereocenters. The second-order valence-electron chi connectivity index (χ2n) is 6.48. The number of nitrogens with zero attached hydrogens (tertiary/aromatic N) is 1. The largest absolute Gasteiger partial charge is 0.497 e. The van der Waals surface area contributed by atoms with Gasteiger partial charge in [-0.2, -0.15) is 4.31 Å². The summed E-state index contributed by atoms with van der Waals surface area (Å²) in [5.74, 6) is 0.346. The van der Waals surface area contributed by atoms with Gasteiger partial charge in [-0.05, 0) is 48.7 Å². The number of aryl methyl sites for hydroxylation is 2. The van der Waals surface area contributed by atoms with Crippen molar-refractivity contribution in [3.63, 3.8) is 0 Å². The Kier molecular flexibility index (Phi) is 7.37. The molecule has 28 heavy (non-hydrogen) atoms. The molecule has 0 aliphatic carbocycles. The maximum Gasteiger partial charge on any atom is 0.244 e. The number of carbonyl (C=O) groups excluding carboxylic acids is 1. The lowest BCUT2D eigenvalue weighted by Gasteiger charge is -2.21. The first-order chi connectivity index (χ1) is 13.3. The van der Waals surface area contributed by atoms with Crippen LogP contribution in [0.2, 0.25) is 0 Å². The Morgan fingerprint density at radius 2 is 1.86 bits per heavy atom. The van der Waals surface area contributed by atoms with Gasteiger partial charge in [0.2, 0.25) is 15.9 Å². The lowest BCUT2D eigenvalue weighted by molar-refractivity contribution is -0.121. The molecule has 0 aliphatic rings. The zero-order chi connectivity index (χ0) is 20.7.